The molecule has 0 radical (unpaired) electrons. The molecule has 1 aliphatic heterocycles. The van der Waals surface area contributed by atoms with Crippen LogP contribution in [-0.4, -0.2) is 38.9 Å². The number of fused-ring (bicyclic) bond motifs is 1. The molecule has 1 aliphatic rings. The molecule has 8 heteroatoms. The van der Waals surface area contributed by atoms with E-state index in [4.69, 9.17) is 18.6 Å². The largest absolute Gasteiger partial charge is 0.394 e. The number of thiazole rings is 1. The molecule has 0 spiro atoms. The number of piperidine rings is 1. The summed E-state index contributed by atoms with van der Waals surface area (Å²) >= 11 is 6.37. The van der Waals surface area contributed by atoms with Crippen molar-refractivity contribution in [3.8, 4) is 12.3 Å². The molecule has 2 aromatic rings. The first-order valence-corrected chi connectivity index (χ1v) is 9.22. The van der Waals surface area contributed by atoms with Crippen molar-refractivity contribution in [1.82, 2.24) is 9.47 Å². The zero-order chi connectivity index (χ0) is 18.0. The van der Waals surface area contributed by atoms with Crippen LogP contribution in [-0.2, 0) is 6.54 Å². The van der Waals surface area contributed by atoms with E-state index in [0.717, 1.165) is 37.1 Å². The Morgan fingerprint density at radius 3 is 3.04 bits per heavy atom. The van der Waals surface area contributed by atoms with Crippen molar-refractivity contribution in [1.29, 1.82) is 0 Å². The summed E-state index contributed by atoms with van der Waals surface area (Å²) in [6.45, 7) is 0.865. The molecule has 1 fully saturated rings. The highest BCUT2D eigenvalue weighted by molar-refractivity contribution is 7.80. The van der Waals surface area contributed by atoms with Gasteiger partial charge in [-0.1, -0.05) is 17.3 Å². The van der Waals surface area contributed by atoms with Crippen molar-refractivity contribution < 1.29 is 9.50 Å². The van der Waals surface area contributed by atoms with Gasteiger partial charge in [0.25, 0.3) is 0 Å². The van der Waals surface area contributed by atoms with Crippen molar-refractivity contribution in [2.45, 2.75) is 31.8 Å². The molecule has 3 rings (SSSR count). The summed E-state index contributed by atoms with van der Waals surface area (Å²) in [4.78, 5) is 13.7. The van der Waals surface area contributed by atoms with E-state index in [1.165, 1.54) is 10.6 Å². The summed E-state index contributed by atoms with van der Waals surface area (Å²) in [6.07, 6.45) is 8.18. The normalized spacial score (nSPS) is 17.5. The van der Waals surface area contributed by atoms with Crippen LogP contribution in [0.2, 0.25) is 0 Å². The third kappa shape index (κ3) is 3.54. The Morgan fingerprint density at radius 2 is 2.32 bits per heavy atom. The lowest BCUT2D eigenvalue weighted by molar-refractivity contribution is 0.149. The van der Waals surface area contributed by atoms with Gasteiger partial charge in [0.15, 0.2) is 5.11 Å². The average molecular weight is 379 g/mol. The summed E-state index contributed by atoms with van der Waals surface area (Å²) in [6, 6.07) is 2.82. The van der Waals surface area contributed by atoms with E-state index >= 15 is 0 Å². The number of likely N-dealkylation sites (tertiary alicyclic amines) is 1. The van der Waals surface area contributed by atoms with E-state index in [-0.39, 0.29) is 29.8 Å². The third-order valence-corrected chi connectivity index (χ3v) is 5.63. The predicted molar refractivity (Wildman–Crippen MR) is 103 cm³/mol. The number of rotatable bonds is 3. The van der Waals surface area contributed by atoms with Crippen LogP contribution in [0.1, 0.15) is 19.3 Å². The molecular formula is C17H18FN3O2S2. The fraction of sp³-hybridized carbons (Fsp3) is 0.412. The lowest BCUT2D eigenvalue weighted by Crippen LogP contribution is -2.47. The van der Waals surface area contributed by atoms with Gasteiger partial charge in [-0.2, -0.15) is 0 Å². The highest BCUT2D eigenvalue weighted by Gasteiger charge is 2.24. The number of aromatic nitrogens is 1. The lowest BCUT2D eigenvalue weighted by Gasteiger charge is -2.36. The summed E-state index contributed by atoms with van der Waals surface area (Å²) in [5.41, 5.74) is 0.778. The Kier molecular flexibility index (Phi) is 5.37. The van der Waals surface area contributed by atoms with E-state index < -0.39 is 5.82 Å². The van der Waals surface area contributed by atoms with E-state index in [0.29, 0.717) is 15.3 Å². The van der Waals surface area contributed by atoms with Gasteiger partial charge in [-0.15, -0.1) is 6.42 Å². The van der Waals surface area contributed by atoms with Crippen LogP contribution < -0.4 is 10.2 Å². The minimum Gasteiger partial charge on any atom is -0.394 e. The monoisotopic (exact) mass is 379 g/mol. The van der Waals surface area contributed by atoms with Gasteiger partial charge in [0.05, 0.1) is 35.1 Å². The van der Waals surface area contributed by atoms with Gasteiger partial charge >= 0.3 is 4.87 Å². The number of halogens is 1. The van der Waals surface area contributed by atoms with E-state index in [1.54, 1.807) is 6.07 Å². The number of benzene rings is 1. The second-order valence-corrected chi connectivity index (χ2v) is 7.29. The molecule has 1 aromatic carbocycles. The van der Waals surface area contributed by atoms with Crippen LogP contribution in [0.5, 0.6) is 0 Å². The number of nitrogens with one attached hydrogen (secondary N) is 1. The highest BCUT2D eigenvalue weighted by Crippen LogP contribution is 2.26. The molecule has 0 saturated carbocycles. The van der Waals surface area contributed by atoms with Gasteiger partial charge < -0.3 is 15.3 Å². The van der Waals surface area contributed by atoms with Gasteiger partial charge in [-0.3, -0.25) is 9.36 Å². The standard InChI is InChI=1S/C17H18FN3O2S2/c1-2-6-21-14-9-13(12(18)8-15(14)25-17(21)23)19-16(24)20-7-4-3-5-11(20)10-22/h1,8-9,11,22H,3-7,10H2,(H,19,24). The van der Waals surface area contributed by atoms with Gasteiger partial charge in [-0.25, -0.2) is 4.39 Å². The van der Waals surface area contributed by atoms with Crippen LogP contribution >= 0.6 is 23.6 Å². The number of hydrogen-bond donors (Lipinski definition) is 2. The van der Waals surface area contributed by atoms with Crippen molar-refractivity contribution in [2.75, 3.05) is 18.5 Å². The molecule has 5 nitrogen and oxygen atoms in total. The Labute approximate surface area is 154 Å². The van der Waals surface area contributed by atoms with Crippen molar-refractivity contribution >= 4 is 44.6 Å². The third-order valence-electron chi connectivity index (χ3n) is 4.35. The fourth-order valence-electron chi connectivity index (χ4n) is 3.07. The molecule has 2 N–H and O–H groups in total. The number of terminal acetylenes is 1. The van der Waals surface area contributed by atoms with E-state index in [1.807, 2.05) is 4.90 Å². The van der Waals surface area contributed by atoms with Crippen LogP contribution in [0.3, 0.4) is 0 Å². The molecule has 0 bridgehead atoms. The number of aliphatic hydroxyl groups is 1. The summed E-state index contributed by atoms with van der Waals surface area (Å²) in [7, 11) is 0. The van der Waals surface area contributed by atoms with Crippen molar-refractivity contribution in [3.63, 3.8) is 0 Å². The van der Waals surface area contributed by atoms with Crippen LogP contribution in [0.4, 0.5) is 10.1 Å². The number of anilines is 1. The predicted octanol–water partition coefficient (Wildman–Crippen LogP) is 2.38. The SMILES string of the molecule is C#CCn1c(=O)sc2cc(F)c(NC(=S)N3CCCCC3CO)cc21. The summed E-state index contributed by atoms with van der Waals surface area (Å²) in [5, 5.41) is 12.8. The smallest absolute Gasteiger partial charge is 0.309 e. The van der Waals surface area contributed by atoms with Crippen molar-refractivity contribution in [2.24, 2.45) is 0 Å². The molecule has 0 amide bonds. The lowest BCUT2D eigenvalue weighted by atomic mass is 10.0. The minimum atomic E-state index is -0.485. The Morgan fingerprint density at radius 1 is 1.52 bits per heavy atom. The Bertz CT molecular complexity index is 900. The molecule has 0 aliphatic carbocycles. The van der Waals surface area contributed by atoms with Crippen LogP contribution in [0.25, 0.3) is 10.2 Å². The Balaban J connectivity index is 1.91. The molecular weight excluding hydrogens is 361 g/mol. The average Bonchev–Trinajstić information content (AvgIpc) is 2.90. The van der Waals surface area contributed by atoms with Gasteiger partial charge in [0.2, 0.25) is 0 Å². The maximum absolute atomic E-state index is 14.4. The van der Waals surface area contributed by atoms with E-state index in [9.17, 15) is 14.3 Å². The number of hydrogen-bond acceptors (Lipinski definition) is 4. The molecule has 25 heavy (non-hydrogen) atoms. The van der Waals surface area contributed by atoms with Gasteiger partial charge in [0, 0.05) is 6.54 Å². The van der Waals surface area contributed by atoms with Gasteiger partial charge in [-0.05, 0) is 43.6 Å². The molecule has 1 aromatic heterocycles. The van der Waals surface area contributed by atoms with Crippen LogP contribution in [0, 0.1) is 18.2 Å². The maximum Gasteiger partial charge on any atom is 0.309 e. The quantitative estimate of drug-likeness (QED) is 0.634. The summed E-state index contributed by atoms with van der Waals surface area (Å²) in [5.74, 6) is 1.95. The van der Waals surface area contributed by atoms with Crippen molar-refractivity contribution in [3.05, 3.63) is 27.6 Å². The van der Waals surface area contributed by atoms with E-state index in [2.05, 4.69) is 11.2 Å². The van der Waals surface area contributed by atoms with Crippen LogP contribution in [0.15, 0.2) is 16.9 Å². The molecule has 2 heterocycles. The molecule has 1 atom stereocenters. The molecule has 1 unspecified atom stereocenters. The first-order chi connectivity index (χ1) is 12.0. The first-order valence-electron chi connectivity index (χ1n) is 8.00. The fourth-order valence-corrected chi connectivity index (χ4v) is 4.31. The zero-order valence-electron chi connectivity index (χ0n) is 13.5. The first kappa shape index (κ1) is 17.9. The zero-order valence-corrected chi connectivity index (χ0v) is 15.1. The van der Waals surface area contributed by atoms with Gasteiger partial charge in [0.1, 0.15) is 5.82 Å². The second-order valence-electron chi connectivity index (χ2n) is 5.91. The molecule has 132 valence electrons. The topological polar surface area (TPSA) is 57.5 Å². The molecule has 1 saturated heterocycles. The number of nitrogens with zero attached hydrogens (tertiary/aromatic N) is 2. The number of aliphatic hydroxyl groups excluding tert-OH is 1. The highest BCUT2D eigenvalue weighted by atomic mass is 32.1. The second kappa shape index (κ2) is 7.52. The Hall–Kier alpha value is -1.95. The maximum atomic E-state index is 14.4. The minimum absolute atomic E-state index is 0.00950. The summed E-state index contributed by atoms with van der Waals surface area (Å²) < 4.78 is 16.4. The number of thiocarbonyl (C=S) groups is 1.